The molecule has 1 aliphatic heterocycles. The zero-order valence-corrected chi connectivity index (χ0v) is 8.74. The molecule has 0 aromatic rings. The van der Waals surface area contributed by atoms with Gasteiger partial charge in [-0.1, -0.05) is 12.8 Å². The lowest BCUT2D eigenvalue weighted by atomic mass is 10.1. The Morgan fingerprint density at radius 1 is 1.42 bits per heavy atom. The molecule has 0 bridgehead atoms. The Labute approximate surface area is 80.9 Å². The second-order valence-corrected chi connectivity index (χ2v) is 4.60. The predicted octanol–water partition coefficient (Wildman–Crippen LogP) is 2.93. The fourth-order valence-corrected chi connectivity index (χ4v) is 1.90. The average Bonchev–Trinajstić information content (AvgIpc) is 2.28. The molecule has 1 rings (SSSR count). The van der Waals surface area contributed by atoms with Gasteiger partial charge in [-0.3, -0.25) is 0 Å². The van der Waals surface area contributed by atoms with Crippen molar-refractivity contribution >= 4 is 11.6 Å². The molecule has 0 saturated carbocycles. The molecule has 1 fully saturated rings. The lowest BCUT2D eigenvalue weighted by Gasteiger charge is -2.15. The number of hydrogen-bond donors (Lipinski definition) is 1. The largest absolute Gasteiger partial charge is 0.314 e. The van der Waals surface area contributed by atoms with E-state index in [2.05, 4.69) is 12.2 Å². The summed E-state index contributed by atoms with van der Waals surface area (Å²) < 4.78 is 0. The van der Waals surface area contributed by atoms with Crippen molar-refractivity contribution in [2.24, 2.45) is 0 Å². The molecule has 1 N–H and O–H groups in total. The van der Waals surface area contributed by atoms with Gasteiger partial charge in [0.1, 0.15) is 0 Å². The summed E-state index contributed by atoms with van der Waals surface area (Å²) in [5.74, 6) is 0. The van der Waals surface area contributed by atoms with E-state index in [-0.39, 0.29) is 0 Å². The van der Waals surface area contributed by atoms with E-state index in [1.807, 2.05) is 0 Å². The maximum absolute atomic E-state index is 5.91. The molecule has 0 spiro atoms. The molecule has 0 aromatic carbocycles. The summed E-state index contributed by atoms with van der Waals surface area (Å²) >= 11 is 5.91. The van der Waals surface area contributed by atoms with Crippen molar-refractivity contribution in [1.29, 1.82) is 0 Å². The lowest BCUT2D eigenvalue weighted by molar-refractivity contribution is 0.463. The van der Waals surface area contributed by atoms with Crippen LogP contribution in [0.2, 0.25) is 0 Å². The molecule has 2 unspecified atom stereocenters. The van der Waals surface area contributed by atoms with E-state index < -0.39 is 0 Å². The first-order valence-corrected chi connectivity index (χ1v) is 5.60. The average molecular weight is 190 g/mol. The highest BCUT2D eigenvalue weighted by Crippen LogP contribution is 2.14. The maximum atomic E-state index is 5.91. The molecule has 1 heterocycles. The zero-order chi connectivity index (χ0) is 8.81. The molecule has 1 nitrogen and oxygen atoms in total. The first kappa shape index (κ1) is 10.3. The van der Waals surface area contributed by atoms with Crippen LogP contribution < -0.4 is 5.32 Å². The van der Waals surface area contributed by atoms with Crippen LogP contribution in [0.3, 0.4) is 0 Å². The van der Waals surface area contributed by atoms with Crippen molar-refractivity contribution in [3.63, 3.8) is 0 Å². The minimum atomic E-state index is 0.343. The first-order chi connectivity index (χ1) is 5.79. The molecule has 0 amide bonds. The van der Waals surface area contributed by atoms with Gasteiger partial charge in [0.05, 0.1) is 0 Å². The van der Waals surface area contributed by atoms with Crippen LogP contribution in [0.25, 0.3) is 0 Å². The van der Waals surface area contributed by atoms with Crippen molar-refractivity contribution in [2.75, 3.05) is 6.54 Å². The number of halogens is 1. The zero-order valence-electron chi connectivity index (χ0n) is 7.98. The SMILES string of the molecule is CC(Cl)CCC1CCCCCN1. The number of hydrogen-bond acceptors (Lipinski definition) is 1. The molecular formula is C10H20ClN. The van der Waals surface area contributed by atoms with Gasteiger partial charge in [0, 0.05) is 11.4 Å². The van der Waals surface area contributed by atoms with Gasteiger partial charge < -0.3 is 5.32 Å². The molecule has 2 heteroatoms. The van der Waals surface area contributed by atoms with Crippen LogP contribution in [0.5, 0.6) is 0 Å². The van der Waals surface area contributed by atoms with Crippen molar-refractivity contribution in [1.82, 2.24) is 5.32 Å². The van der Waals surface area contributed by atoms with Gasteiger partial charge in [0.15, 0.2) is 0 Å². The van der Waals surface area contributed by atoms with Gasteiger partial charge in [-0.05, 0) is 39.2 Å². The van der Waals surface area contributed by atoms with Crippen molar-refractivity contribution in [3.05, 3.63) is 0 Å². The normalized spacial score (nSPS) is 28.0. The summed E-state index contributed by atoms with van der Waals surface area (Å²) in [6, 6.07) is 0.744. The highest BCUT2D eigenvalue weighted by Gasteiger charge is 2.11. The van der Waals surface area contributed by atoms with E-state index in [1.54, 1.807) is 0 Å². The van der Waals surface area contributed by atoms with Crippen molar-refractivity contribution in [2.45, 2.75) is 56.9 Å². The predicted molar refractivity (Wildman–Crippen MR) is 54.8 cm³/mol. The Kier molecular flexibility index (Phi) is 5.01. The maximum Gasteiger partial charge on any atom is 0.0308 e. The van der Waals surface area contributed by atoms with Crippen LogP contribution in [0, 0.1) is 0 Å². The van der Waals surface area contributed by atoms with E-state index in [4.69, 9.17) is 11.6 Å². The Morgan fingerprint density at radius 2 is 2.25 bits per heavy atom. The molecule has 2 atom stereocenters. The third-order valence-electron chi connectivity index (χ3n) is 2.58. The van der Waals surface area contributed by atoms with Crippen LogP contribution in [-0.2, 0) is 0 Å². The monoisotopic (exact) mass is 189 g/mol. The lowest BCUT2D eigenvalue weighted by Crippen LogP contribution is -2.28. The summed E-state index contributed by atoms with van der Waals surface area (Å²) in [4.78, 5) is 0. The van der Waals surface area contributed by atoms with Crippen LogP contribution in [-0.4, -0.2) is 18.0 Å². The third-order valence-corrected chi connectivity index (χ3v) is 2.79. The Morgan fingerprint density at radius 3 is 3.00 bits per heavy atom. The van der Waals surface area contributed by atoms with Crippen molar-refractivity contribution in [3.8, 4) is 0 Å². The van der Waals surface area contributed by atoms with E-state index in [0.717, 1.165) is 12.5 Å². The van der Waals surface area contributed by atoms with Crippen LogP contribution in [0.15, 0.2) is 0 Å². The van der Waals surface area contributed by atoms with Crippen LogP contribution in [0.1, 0.15) is 45.4 Å². The van der Waals surface area contributed by atoms with E-state index >= 15 is 0 Å². The van der Waals surface area contributed by atoms with Crippen molar-refractivity contribution < 1.29 is 0 Å². The van der Waals surface area contributed by atoms with E-state index in [9.17, 15) is 0 Å². The third kappa shape index (κ3) is 4.32. The summed E-state index contributed by atoms with van der Waals surface area (Å²) in [5.41, 5.74) is 0. The topological polar surface area (TPSA) is 12.0 Å². The molecule has 1 aliphatic rings. The molecular weight excluding hydrogens is 170 g/mol. The highest BCUT2D eigenvalue weighted by molar-refractivity contribution is 6.20. The standard InChI is InChI=1S/C10H20ClN/c1-9(11)6-7-10-5-3-2-4-8-12-10/h9-10,12H,2-8H2,1H3. The second-order valence-electron chi connectivity index (χ2n) is 3.86. The quantitative estimate of drug-likeness (QED) is 0.674. The summed E-state index contributed by atoms with van der Waals surface area (Å²) in [6.45, 7) is 3.29. The van der Waals surface area contributed by atoms with E-state index in [1.165, 1.54) is 38.6 Å². The highest BCUT2D eigenvalue weighted by atomic mass is 35.5. The fourth-order valence-electron chi connectivity index (χ4n) is 1.78. The Hall–Kier alpha value is 0.250. The minimum absolute atomic E-state index is 0.343. The van der Waals surface area contributed by atoms with Gasteiger partial charge in [0.25, 0.3) is 0 Å². The second kappa shape index (κ2) is 5.82. The summed E-state index contributed by atoms with van der Waals surface area (Å²) in [5, 5.41) is 3.92. The first-order valence-electron chi connectivity index (χ1n) is 5.16. The van der Waals surface area contributed by atoms with Gasteiger partial charge >= 0.3 is 0 Å². The minimum Gasteiger partial charge on any atom is -0.314 e. The molecule has 0 aromatic heterocycles. The Bertz CT molecular complexity index is 106. The molecule has 72 valence electrons. The van der Waals surface area contributed by atoms with Gasteiger partial charge in [-0.15, -0.1) is 11.6 Å². The Balaban J connectivity index is 2.12. The number of alkyl halides is 1. The molecule has 0 radical (unpaired) electrons. The van der Waals surface area contributed by atoms with Gasteiger partial charge in [-0.25, -0.2) is 0 Å². The summed E-state index contributed by atoms with van der Waals surface area (Å²) in [6.07, 6.45) is 7.91. The number of rotatable bonds is 3. The molecule has 12 heavy (non-hydrogen) atoms. The smallest absolute Gasteiger partial charge is 0.0308 e. The van der Waals surface area contributed by atoms with Gasteiger partial charge in [-0.2, -0.15) is 0 Å². The fraction of sp³-hybridized carbons (Fsp3) is 1.00. The molecule has 1 saturated heterocycles. The van der Waals surface area contributed by atoms with E-state index in [0.29, 0.717) is 5.38 Å². The van der Waals surface area contributed by atoms with Crippen LogP contribution >= 0.6 is 11.6 Å². The molecule has 0 aliphatic carbocycles. The summed E-state index contributed by atoms with van der Waals surface area (Å²) in [7, 11) is 0. The number of nitrogens with one attached hydrogen (secondary N) is 1. The van der Waals surface area contributed by atoms with Gasteiger partial charge in [0.2, 0.25) is 0 Å². The van der Waals surface area contributed by atoms with Crippen LogP contribution in [0.4, 0.5) is 0 Å².